The molecule has 1 fully saturated rings. The smallest absolute Gasteiger partial charge is 0.406 e. The van der Waals surface area contributed by atoms with E-state index in [0.717, 1.165) is 40.6 Å². The molecule has 5 rings (SSSR count). The zero-order chi connectivity index (χ0) is 26.0. The van der Waals surface area contributed by atoms with Crippen LogP contribution in [-0.2, 0) is 6.54 Å². The fourth-order valence-electron chi connectivity index (χ4n) is 5.17. The third-order valence-corrected chi connectivity index (χ3v) is 6.65. The Morgan fingerprint density at radius 1 is 1.00 bits per heavy atom. The van der Waals surface area contributed by atoms with Crippen molar-refractivity contribution in [2.24, 2.45) is 0 Å². The number of carbonyl (C=O) groups excluding carboxylic acids is 1. The second-order valence-electron chi connectivity index (χ2n) is 8.89. The van der Waals surface area contributed by atoms with Gasteiger partial charge in [0.15, 0.2) is 0 Å². The van der Waals surface area contributed by atoms with Crippen LogP contribution in [0.4, 0.5) is 13.2 Å². The largest absolute Gasteiger partial charge is 0.573 e. The second kappa shape index (κ2) is 10.1. The molecule has 0 spiro atoms. The highest BCUT2D eigenvalue weighted by Crippen LogP contribution is 2.44. The van der Waals surface area contributed by atoms with Crippen LogP contribution in [0.15, 0.2) is 78.9 Å². The first-order valence-electron chi connectivity index (χ1n) is 12.1. The Balaban J connectivity index is 1.60. The average Bonchev–Trinajstić information content (AvgIpc) is 3.49. The van der Waals surface area contributed by atoms with Gasteiger partial charge in [0.1, 0.15) is 5.75 Å². The molecule has 1 aromatic heterocycles. The van der Waals surface area contributed by atoms with E-state index in [0.29, 0.717) is 18.7 Å². The van der Waals surface area contributed by atoms with Gasteiger partial charge in [0.25, 0.3) is 5.91 Å². The van der Waals surface area contributed by atoms with Crippen LogP contribution in [0.3, 0.4) is 0 Å². The summed E-state index contributed by atoms with van der Waals surface area (Å²) in [4.78, 5) is 15.5. The van der Waals surface area contributed by atoms with Crippen LogP contribution in [0.25, 0.3) is 22.0 Å². The number of aromatic nitrogens is 1. The molecule has 188 valence electrons. The highest BCUT2D eigenvalue weighted by Gasteiger charge is 2.36. The van der Waals surface area contributed by atoms with Gasteiger partial charge in [-0.25, -0.2) is 0 Å². The summed E-state index contributed by atoms with van der Waals surface area (Å²) in [5.41, 5.74) is 4.53. The van der Waals surface area contributed by atoms with Crippen LogP contribution in [0.2, 0.25) is 0 Å². The summed E-state index contributed by atoms with van der Waals surface area (Å²) in [5, 5.41) is 1.09. The monoisotopic (exact) mass is 502 g/mol. The number of ether oxygens (including phenoxy) is 1. The number of nitrogens with zero attached hydrogens (tertiary/aromatic N) is 2. The van der Waals surface area contributed by atoms with Crippen molar-refractivity contribution in [1.82, 2.24) is 9.47 Å². The summed E-state index contributed by atoms with van der Waals surface area (Å²) in [7, 11) is 0. The Kier molecular flexibility index (Phi) is 6.66. The predicted molar refractivity (Wildman–Crippen MR) is 137 cm³/mol. The van der Waals surface area contributed by atoms with E-state index < -0.39 is 6.36 Å². The SMILES string of the molecule is CC#CCn1c(C2CCCN2C(=O)c2ccc(OC(F)(F)F)cc2)c(-c2ccccc2)c2ccccc21. The summed E-state index contributed by atoms with van der Waals surface area (Å²) in [6, 6.07) is 23.2. The van der Waals surface area contributed by atoms with Crippen molar-refractivity contribution in [2.75, 3.05) is 6.54 Å². The number of benzene rings is 3. The molecule has 3 aromatic carbocycles. The maximum absolute atomic E-state index is 13.6. The van der Waals surface area contributed by atoms with Crippen molar-refractivity contribution in [3.05, 3.63) is 90.1 Å². The summed E-state index contributed by atoms with van der Waals surface area (Å²) in [5.74, 6) is 5.60. The van der Waals surface area contributed by atoms with E-state index in [9.17, 15) is 18.0 Å². The highest BCUT2D eigenvalue weighted by atomic mass is 19.4. The molecule has 1 aliphatic heterocycles. The van der Waals surface area contributed by atoms with E-state index in [-0.39, 0.29) is 17.7 Å². The van der Waals surface area contributed by atoms with E-state index in [2.05, 4.69) is 45.4 Å². The summed E-state index contributed by atoms with van der Waals surface area (Å²) in [6.45, 7) is 2.85. The fraction of sp³-hybridized carbons (Fsp3) is 0.233. The van der Waals surface area contributed by atoms with Gasteiger partial charge in [0, 0.05) is 28.6 Å². The Morgan fingerprint density at radius 3 is 2.41 bits per heavy atom. The number of alkyl halides is 3. The molecular formula is C30H25F3N2O2. The molecular weight excluding hydrogens is 477 g/mol. The zero-order valence-electron chi connectivity index (χ0n) is 20.3. The van der Waals surface area contributed by atoms with Gasteiger partial charge >= 0.3 is 6.36 Å². The van der Waals surface area contributed by atoms with Gasteiger partial charge in [-0.1, -0.05) is 54.5 Å². The molecule has 1 unspecified atom stereocenters. The van der Waals surface area contributed by atoms with Crippen LogP contribution in [-0.4, -0.2) is 28.3 Å². The molecule has 1 aliphatic rings. The Labute approximate surface area is 213 Å². The lowest BCUT2D eigenvalue weighted by Gasteiger charge is -2.27. The standard InChI is InChI=1S/C30H25F3N2O2/c1-2-3-19-34-25-13-8-7-12-24(25)27(21-10-5-4-6-11-21)28(34)26-14-9-20-35(26)29(36)22-15-17-23(18-16-22)37-30(31,32)33/h4-8,10-13,15-18,26H,9,14,19-20H2,1H3. The third kappa shape index (κ3) is 4.92. The van der Waals surface area contributed by atoms with Gasteiger partial charge in [-0.2, -0.15) is 0 Å². The first-order chi connectivity index (χ1) is 17.9. The minimum Gasteiger partial charge on any atom is -0.406 e. The normalized spacial score (nSPS) is 15.5. The number of fused-ring (bicyclic) bond motifs is 1. The molecule has 1 saturated heterocycles. The zero-order valence-corrected chi connectivity index (χ0v) is 20.3. The number of hydrogen-bond donors (Lipinski definition) is 0. The molecule has 1 atom stereocenters. The minimum atomic E-state index is -4.78. The Morgan fingerprint density at radius 2 is 1.70 bits per heavy atom. The maximum Gasteiger partial charge on any atom is 0.573 e. The molecule has 1 amide bonds. The molecule has 7 heteroatoms. The molecule has 0 radical (unpaired) electrons. The van der Waals surface area contributed by atoms with Crippen molar-refractivity contribution < 1.29 is 22.7 Å². The van der Waals surface area contributed by atoms with Gasteiger partial charge in [-0.15, -0.1) is 19.1 Å². The summed E-state index contributed by atoms with van der Waals surface area (Å²) in [6.07, 6.45) is -3.19. The average molecular weight is 503 g/mol. The fourth-order valence-corrected chi connectivity index (χ4v) is 5.17. The van der Waals surface area contributed by atoms with Crippen LogP contribution in [0.1, 0.15) is 41.9 Å². The molecule has 0 N–H and O–H groups in total. The van der Waals surface area contributed by atoms with Gasteiger partial charge in [0.2, 0.25) is 0 Å². The highest BCUT2D eigenvalue weighted by molar-refractivity contribution is 5.99. The van der Waals surface area contributed by atoms with Crippen molar-refractivity contribution in [1.29, 1.82) is 0 Å². The number of carbonyl (C=O) groups is 1. The van der Waals surface area contributed by atoms with E-state index in [1.165, 1.54) is 24.3 Å². The van der Waals surface area contributed by atoms with Gasteiger partial charge in [-0.05, 0) is 55.7 Å². The van der Waals surface area contributed by atoms with E-state index in [1.807, 2.05) is 35.2 Å². The molecule has 4 nitrogen and oxygen atoms in total. The van der Waals surface area contributed by atoms with Crippen molar-refractivity contribution in [3.63, 3.8) is 0 Å². The summed E-state index contributed by atoms with van der Waals surface area (Å²) >= 11 is 0. The van der Waals surface area contributed by atoms with Crippen molar-refractivity contribution in [2.45, 2.75) is 38.7 Å². The molecule has 0 aliphatic carbocycles. The third-order valence-electron chi connectivity index (χ3n) is 6.65. The number of halogens is 3. The second-order valence-corrected chi connectivity index (χ2v) is 8.89. The molecule has 2 heterocycles. The molecule has 4 aromatic rings. The number of para-hydroxylation sites is 1. The van der Waals surface area contributed by atoms with E-state index >= 15 is 0 Å². The van der Waals surface area contributed by atoms with Crippen LogP contribution >= 0.6 is 0 Å². The minimum absolute atomic E-state index is 0.208. The van der Waals surface area contributed by atoms with E-state index in [4.69, 9.17) is 0 Å². The lowest BCUT2D eigenvalue weighted by molar-refractivity contribution is -0.274. The Bertz CT molecular complexity index is 1480. The van der Waals surface area contributed by atoms with Crippen LogP contribution in [0.5, 0.6) is 5.75 Å². The van der Waals surface area contributed by atoms with Gasteiger partial charge in [0.05, 0.1) is 18.3 Å². The lowest BCUT2D eigenvalue weighted by atomic mass is 9.97. The number of likely N-dealkylation sites (tertiary alicyclic amines) is 1. The van der Waals surface area contributed by atoms with Crippen molar-refractivity contribution in [3.8, 4) is 28.7 Å². The lowest BCUT2D eigenvalue weighted by Crippen LogP contribution is -2.32. The van der Waals surface area contributed by atoms with Crippen LogP contribution in [0, 0.1) is 11.8 Å². The number of hydrogen-bond acceptors (Lipinski definition) is 2. The quantitative estimate of drug-likeness (QED) is 0.270. The predicted octanol–water partition coefficient (Wildman–Crippen LogP) is 7.21. The number of amides is 1. The topological polar surface area (TPSA) is 34.5 Å². The van der Waals surface area contributed by atoms with Crippen molar-refractivity contribution >= 4 is 16.8 Å². The molecule has 37 heavy (non-hydrogen) atoms. The summed E-state index contributed by atoms with van der Waals surface area (Å²) < 4.78 is 43.9. The van der Waals surface area contributed by atoms with Gasteiger partial charge in [-0.3, -0.25) is 4.79 Å². The number of rotatable bonds is 5. The van der Waals surface area contributed by atoms with Gasteiger partial charge < -0.3 is 14.2 Å². The molecule has 0 saturated carbocycles. The maximum atomic E-state index is 13.6. The first kappa shape index (κ1) is 24.5. The first-order valence-corrected chi connectivity index (χ1v) is 12.1. The Hall–Kier alpha value is -4.18. The van der Waals surface area contributed by atoms with Crippen LogP contribution < -0.4 is 4.74 Å². The molecule has 0 bridgehead atoms. The van der Waals surface area contributed by atoms with E-state index in [1.54, 1.807) is 6.92 Å².